The number of allylic oxidation sites excluding steroid dienone is 1. The first kappa shape index (κ1) is 16.0. The van der Waals surface area contributed by atoms with Crippen LogP contribution in [0.5, 0.6) is 0 Å². The van der Waals surface area contributed by atoms with Crippen LogP contribution in [-0.4, -0.2) is 13.2 Å². The molecule has 0 aliphatic heterocycles. The number of rotatable bonds is 6. The maximum atomic E-state index is 12.5. The number of hydrogen-bond donors (Lipinski definition) is 0. The van der Waals surface area contributed by atoms with Gasteiger partial charge in [-0.2, -0.15) is 0 Å². The van der Waals surface area contributed by atoms with Gasteiger partial charge >= 0.3 is 7.60 Å². The third-order valence-electron chi connectivity index (χ3n) is 3.17. The minimum absolute atomic E-state index is 0.360. The van der Waals surface area contributed by atoms with Gasteiger partial charge in [-0.25, -0.2) is 0 Å². The molecule has 2 aromatic carbocycles. The lowest BCUT2D eigenvalue weighted by atomic mass is 10.0. The van der Waals surface area contributed by atoms with E-state index in [9.17, 15) is 4.57 Å². The monoisotopic (exact) mass is 304 g/mol. The maximum Gasteiger partial charge on any atom is 0.354 e. The van der Waals surface area contributed by atoms with Crippen molar-refractivity contribution in [2.75, 3.05) is 13.2 Å². The highest BCUT2D eigenvalue weighted by atomic mass is 31.2. The van der Waals surface area contributed by atoms with Gasteiger partial charge in [0, 0.05) is 5.82 Å². The first-order valence-corrected chi connectivity index (χ1v) is 8.76. The van der Waals surface area contributed by atoms with Crippen molar-refractivity contribution in [2.45, 2.75) is 20.8 Å². The quantitative estimate of drug-likeness (QED) is 0.664. The fraction of sp³-hybridized carbons (Fsp3) is 0.294. The summed E-state index contributed by atoms with van der Waals surface area (Å²) in [5.74, 6) is 1.62. The molecule has 0 bridgehead atoms. The average molecular weight is 304 g/mol. The Labute approximate surface area is 126 Å². The van der Waals surface area contributed by atoms with Crippen LogP contribution >= 0.6 is 7.60 Å². The van der Waals surface area contributed by atoms with Crippen LogP contribution in [0.15, 0.2) is 48.3 Å². The fourth-order valence-corrected chi connectivity index (χ4v) is 3.78. The lowest BCUT2D eigenvalue weighted by molar-refractivity contribution is 0.229. The molecule has 0 heterocycles. The Morgan fingerprint density at radius 1 is 1.05 bits per heavy atom. The number of benzene rings is 2. The summed E-state index contributed by atoms with van der Waals surface area (Å²) in [6, 6.07) is 14.3. The summed E-state index contributed by atoms with van der Waals surface area (Å²) in [4.78, 5) is 0. The Morgan fingerprint density at radius 2 is 1.67 bits per heavy atom. The zero-order valence-corrected chi connectivity index (χ0v) is 13.6. The van der Waals surface area contributed by atoms with Gasteiger partial charge < -0.3 is 9.05 Å². The van der Waals surface area contributed by atoms with E-state index >= 15 is 0 Å². The first-order valence-electron chi connectivity index (χ1n) is 7.15. The third-order valence-corrected chi connectivity index (χ3v) is 5.11. The van der Waals surface area contributed by atoms with E-state index in [0.717, 1.165) is 16.5 Å². The third kappa shape index (κ3) is 4.04. The van der Waals surface area contributed by atoms with Crippen LogP contribution in [0.4, 0.5) is 0 Å². The summed E-state index contributed by atoms with van der Waals surface area (Å²) < 4.78 is 23.2. The molecule has 0 spiro atoms. The van der Waals surface area contributed by atoms with Crippen molar-refractivity contribution in [3.05, 3.63) is 53.8 Å². The fourth-order valence-electron chi connectivity index (χ4n) is 2.22. The van der Waals surface area contributed by atoms with Gasteiger partial charge in [-0.05, 0) is 48.7 Å². The molecule has 4 heteroatoms. The highest BCUT2D eigenvalue weighted by Gasteiger charge is 2.20. The van der Waals surface area contributed by atoms with Crippen LogP contribution in [0.25, 0.3) is 16.3 Å². The molecule has 0 amide bonds. The van der Waals surface area contributed by atoms with E-state index in [-0.39, 0.29) is 0 Å². The van der Waals surface area contributed by atoms with Gasteiger partial charge in [0.1, 0.15) is 0 Å². The van der Waals surface area contributed by atoms with E-state index < -0.39 is 7.60 Å². The molecule has 0 N–H and O–H groups in total. The van der Waals surface area contributed by atoms with E-state index in [1.54, 1.807) is 5.82 Å². The highest BCUT2D eigenvalue weighted by molar-refractivity contribution is 7.57. The Kier molecular flexibility index (Phi) is 5.35. The summed E-state index contributed by atoms with van der Waals surface area (Å²) in [5.41, 5.74) is 1.92. The van der Waals surface area contributed by atoms with Gasteiger partial charge in [0.2, 0.25) is 0 Å². The zero-order chi connectivity index (χ0) is 15.3. The van der Waals surface area contributed by atoms with E-state index in [4.69, 9.17) is 9.05 Å². The molecule has 3 nitrogen and oxygen atoms in total. The Bertz CT molecular complexity index is 681. The Hall–Kier alpha value is -1.41. The normalized spacial score (nSPS) is 12.8. The lowest BCUT2D eigenvalue weighted by Gasteiger charge is -2.14. The van der Waals surface area contributed by atoms with Crippen LogP contribution in [0.1, 0.15) is 26.3 Å². The molecule has 0 radical (unpaired) electrons. The number of fused-ring (bicyclic) bond motifs is 1. The standard InChI is InChI=1S/C17H21O3P/c1-4-19-21(18,20-5-2)13-14(3)16-11-10-15-8-6-7-9-17(15)12-16/h6-13H,4-5H2,1-3H3/b14-13+. The Balaban J connectivity index is 2.37. The van der Waals surface area contributed by atoms with E-state index in [1.165, 1.54) is 5.39 Å². The molecule has 0 saturated heterocycles. The molecule has 2 aromatic rings. The molecule has 0 aromatic heterocycles. The van der Waals surface area contributed by atoms with Gasteiger partial charge in [0.25, 0.3) is 0 Å². The SMILES string of the molecule is CCOP(=O)(/C=C(\C)c1ccc2ccccc2c1)OCC. The molecule has 0 aliphatic rings. The summed E-state index contributed by atoms with van der Waals surface area (Å²) in [6.07, 6.45) is 0. The Morgan fingerprint density at radius 3 is 2.29 bits per heavy atom. The smallest absolute Gasteiger partial charge is 0.306 e. The molecule has 0 atom stereocenters. The second kappa shape index (κ2) is 7.04. The van der Waals surface area contributed by atoms with Gasteiger partial charge in [0.15, 0.2) is 0 Å². The van der Waals surface area contributed by atoms with E-state index in [1.807, 2.05) is 39.0 Å². The predicted molar refractivity (Wildman–Crippen MR) is 88.5 cm³/mol. The molecule has 2 rings (SSSR count). The van der Waals surface area contributed by atoms with Crippen LogP contribution < -0.4 is 0 Å². The predicted octanol–water partition coefficient (Wildman–Crippen LogP) is 5.47. The average Bonchev–Trinajstić information content (AvgIpc) is 2.47. The van der Waals surface area contributed by atoms with Crippen molar-refractivity contribution in [2.24, 2.45) is 0 Å². The van der Waals surface area contributed by atoms with Crippen LogP contribution in [0.2, 0.25) is 0 Å². The highest BCUT2D eigenvalue weighted by Crippen LogP contribution is 2.51. The molecular weight excluding hydrogens is 283 g/mol. The maximum absolute atomic E-state index is 12.5. The van der Waals surface area contributed by atoms with Gasteiger partial charge in [-0.15, -0.1) is 0 Å². The summed E-state index contributed by atoms with van der Waals surface area (Å²) >= 11 is 0. The van der Waals surface area contributed by atoms with Crippen molar-refractivity contribution in [1.29, 1.82) is 0 Å². The van der Waals surface area contributed by atoms with Gasteiger partial charge in [-0.3, -0.25) is 4.57 Å². The number of hydrogen-bond acceptors (Lipinski definition) is 3. The van der Waals surface area contributed by atoms with Crippen molar-refractivity contribution >= 4 is 23.9 Å². The molecule has 112 valence electrons. The summed E-state index contributed by atoms with van der Waals surface area (Å²) in [5, 5.41) is 2.34. The van der Waals surface area contributed by atoms with E-state index in [2.05, 4.69) is 24.3 Å². The first-order chi connectivity index (χ1) is 10.1. The van der Waals surface area contributed by atoms with Gasteiger partial charge in [0.05, 0.1) is 13.2 Å². The zero-order valence-electron chi connectivity index (χ0n) is 12.7. The van der Waals surface area contributed by atoms with Crippen molar-refractivity contribution in [1.82, 2.24) is 0 Å². The van der Waals surface area contributed by atoms with Crippen LogP contribution in [0, 0.1) is 0 Å². The van der Waals surface area contributed by atoms with Crippen LogP contribution in [-0.2, 0) is 13.6 Å². The minimum Gasteiger partial charge on any atom is -0.306 e. The van der Waals surface area contributed by atoms with Crippen molar-refractivity contribution in [3.63, 3.8) is 0 Å². The topological polar surface area (TPSA) is 35.5 Å². The molecule has 0 saturated carbocycles. The second-order valence-electron chi connectivity index (χ2n) is 4.75. The van der Waals surface area contributed by atoms with Crippen molar-refractivity contribution < 1.29 is 13.6 Å². The van der Waals surface area contributed by atoms with Gasteiger partial charge in [-0.1, -0.05) is 36.4 Å². The molecule has 0 aliphatic carbocycles. The molecule has 0 unspecified atom stereocenters. The molecule has 21 heavy (non-hydrogen) atoms. The second-order valence-corrected chi connectivity index (χ2v) is 6.60. The van der Waals surface area contributed by atoms with Crippen LogP contribution in [0.3, 0.4) is 0 Å². The largest absolute Gasteiger partial charge is 0.354 e. The van der Waals surface area contributed by atoms with Crippen molar-refractivity contribution in [3.8, 4) is 0 Å². The summed E-state index contributed by atoms with van der Waals surface area (Å²) in [7, 11) is -3.16. The molecule has 0 fully saturated rings. The molecular formula is C17H21O3P. The lowest BCUT2D eigenvalue weighted by Crippen LogP contribution is -1.94. The van der Waals surface area contributed by atoms with E-state index in [0.29, 0.717) is 13.2 Å². The minimum atomic E-state index is -3.16. The summed E-state index contributed by atoms with van der Waals surface area (Å²) in [6.45, 7) is 6.27.